The molecule has 0 saturated heterocycles. The molecular formula is C23H30F2N2O3. The molecule has 0 bridgehead atoms. The maximum atomic E-state index is 13.3. The van der Waals surface area contributed by atoms with Gasteiger partial charge in [-0.1, -0.05) is 19.1 Å². The summed E-state index contributed by atoms with van der Waals surface area (Å²) in [5.41, 5.74) is 12.9. The summed E-state index contributed by atoms with van der Waals surface area (Å²) in [5.74, 6) is -0.643. The van der Waals surface area contributed by atoms with Crippen LogP contribution in [0.4, 0.5) is 20.2 Å². The second-order valence-corrected chi connectivity index (χ2v) is 6.88. The number of ether oxygens (including phenoxy) is 1. The van der Waals surface area contributed by atoms with Gasteiger partial charge in [0.05, 0.1) is 7.11 Å². The van der Waals surface area contributed by atoms with Gasteiger partial charge in [-0.15, -0.1) is 0 Å². The first-order chi connectivity index (χ1) is 14.3. The lowest BCUT2D eigenvalue weighted by Gasteiger charge is -2.03. The molecule has 0 aliphatic rings. The predicted octanol–water partition coefficient (Wildman–Crippen LogP) is 4.61. The number of carbonyl (C=O) groups excluding carboxylic acids is 2. The molecule has 0 radical (unpaired) electrons. The van der Waals surface area contributed by atoms with Crippen molar-refractivity contribution in [3.05, 3.63) is 59.2 Å². The summed E-state index contributed by atoms with van der Waals surface area (Å²) >= 11 is 0. The molecule has 164 valence electrons. The standard InChI is InChI=1S/C12H16FNO.C11H14FNO2/c1-2-11(15)5-3-4-9-6-7-10(14)8-12(9)13;1-15-11(14)4-2-3-8-5-6-9(13)7-10(8)12/h6-8H,2-5,14H2,1H3;5-7H,2-4,13H2,1H3. The van der Waals surface area contributed by atoms with E-state index < -0.39 is 0 Å². The number of benzene rings is 2. The molecule has 0 spiro atoms. The molecule has 0 heterocycles. The van der Waals surface area contributed by atoms with Crippen LogP contribution >= 0.6 is 0 Å². The van der Waals surface area contributed by atoms with Gasteiger partial charge in [0.15, 0.2) is 0 Å². The SMILES string of the molecule is CCC(=O)CCCc1ccc(N)cc1F.COC(=O)CCCc1ccc(N)cc1F. The number of ketones is 1. The third-order valence-corrected chi connectivity index (χ3v) is 4.50. The molecule has 5 nitrogen and oxygen atoms in total. The van der Waals surface area contributed by atoms with E-state index in [9.17, 15) is 18.4 Å². The monoisotopic (exact) mass is 420 g/mol. The largest absolute Gasteiger partial charge is 0.469 e. The predicted molar refractivity (Wildman–Crippen MR) is 115 cm³/mol. The lowest BCUT2D eigenvalue weighted by Crippen LogP contribution is -2.01. The quantitative estimate of drug-likeness (QED) is 0.456. The van der Waals surface area contributed by atoms with E-state index in [1.165, 1.54) is 19.2 Å². The highest BCUT2D eigenvalue weighted by atomic mass is 19.1. The number of Topliss-reactive ketones (excluding diaryl/α,β-unsaturated/α-hetero) is 1. The molecule has 0 unspecified atom stereocenters. The number of nitrogens with two attached hydrogens (primary N) is 2. The third kappa shape index (κ3) is 9.49. The van der Waals surface area contributed by atoms with Crippen molar-refractivity contribution in [3.63, 3.8) is 0 Å². The molecule has 4 N–H and O–H groups in total. The number of halogens is 2. The normalized spacial score (nSPS) is 10.1. The minimum absolute atomic E-state index is 0.228. The van der Waals surface area contributed by atoms with Crippen molar-refractivity contribution in [2.24, 2.45) is 0 Å². The molecule has 2 aromatic carbocycles. The number of aryl methyl sites for hydroxylation is 2. The summed E-state index contributed by atoms with van der Waals surface area (Å²) in [7, 11) is 1.34. The number of esters is 1. The highest BCUT2D eigenvalue weighted by Crippen LogP contribution is 2.15. The molecule has 0 saturated carbocycles. The van der Waals surface area contributed by atoms with E-state index >= 15 is 0 Å². The van der Waals surface area contributed by atoms with E-state index in [2.05, 4.69) is 4.74 Å². The first-order valence-electron chi connectivity index (χ1n) is 9.93. The summed E-state index contributed by atoms with van der Waals surface area (Å²) in [6.07, 6.45) is 3.78. The van der Waals surface area contributed by atoms with Gasteiger partial charge < -0.3 is 16.2 Å². The minimum Gasteiger partial charge on any atom is -0.469 e. The first-order valence-corrected chi connectivity index (χ1v) is 9.93. The van der Waals surface area contributed by atoms with E-state index in [4.69, 9.17) is 11.5 Å². The molecule has 0 fully saturated rings. The molecule has 2 aromatic rings. The minimum atomic E-state index is -0.320. The zero-order valence-electron chi connectivity index (χ0n) is 17.5. The van der Waals surface area contributed by atoms with Crippen LogP contribution in [0.3, 0.4) is 0 Å². The van der Waals surface area contributed by atoms with Crippen LogP contribution in [0.5, 0.6) is 0 Å². The fourth-order valence-corrected chi connectivity index (χ4v) is 2.71. The van der Waals surface area contributed by atoms with Gasteiger partial charge in [0.1, 0.15) is 17.4 Å². The fourth-order valence-electron chi connectivity index (χ4n) is 2.71. The Kier molecular flexibility index (Phi) is 11.1. The molecule has 0 amide bonds. The number of methoxy groups -OCH3 is 1. The molecule has 7 heteroatoms. The number of hydrogen-bond acceptors (Lipinski definition) is 5. The van der Waals surface area contributed by atoms with E-state index in [0.29, 0.717) is 67.4 Å². The van der Waals surface area contributed by atoms with Crippen molar-refractivity contribution in [2.75, 3.05) is 18.6 Å². The Morgan fingerprint density at radius 3 is 1.73 bits per heavy atom. The molecule has 30 heavy (non-hydrogen) atoms. The number of nitrogen functional groups attached to an aromatic ring is 2. The van der Waals surface area contributed by atoms with Gasteiger partial charge in [0.2, 0.25) is 0 Å². The Hall–Kier alpha value is -2.96. The van der Waals surface area contributed by atoms with Crippen molar-refractivity contribution in [1.29, 1.82) is 0 Å². The summed E-state index contributed by atoms with van der Waals surface area (Å²) in [5, 5.41) is 0. The lowest BCUT2D eigenvalue weighted by molar-refractivity contribution is -0.140. The van der Waals surface area contributed by atoms with Crippen LogP contribution in [0, 0.1) is 11.6 Å². The maximum absolute atomic E-state index is 13.3. The summed E-state index contributed by atoms with van der Waals surface area (Å²) in [6, 6.07) is 9.25. The first kappa shape index (κ1) is 25.1. The Bertz CT molecular complexity index is 772. The molecule has 2 rings (SSSR count). The Balaban J connectivity index is 0.000000300. The van der Waals surface area contributed by atoms with Crippen LogP contribution < -0.4 is 11.5 Å². The van der Waals surface area contributed by atoms with Gasteiger partial charge in [0.25, 0.3) is 0 Å². The van der Waals surface area contributed by atoms with Crippen molar-refractivity contribution >= 4 is 23.1 Å². The average Bonchev–Trinajstić information content (AvgIpc) is 2.71. The van der Waals surface area contributed by atoms with E-state index in [-0.39, 0.29) is 23.4 Å². The Morgan fingerprint density at radius 2 is 1.33 bits per heavy atom. The molecule has 0 aliphatic heterocycles. The zero-order chi connectivity index (χ0) is 22.5. The van der Waals surface area contributed by atoms with Gasteiger partial charge in [-0.25, -0.2) is 8.78 Å². The lowest BCUT2D eigenvalue weighted by atomic mass is 10.0. The third-order valence-electron chi connectivity index (χ3n) is 4.50. The van der Waals surface area contributed by atoms with Crippen LogP contribution in [0.15, 0.2) is 36.4 Å². The van der Waals surface area contributed by atoms with Crippen LogP contribution in [-0.2, 0) is 27.2 Å². The van der Waals surface area contributed by atoms with E-state index in [1.54, 1.807) is 24.3 Å². The highest BCUT2D eigenvalue weighted by Gasteiger charge is 2.05. The van der Waals surface area contributed by atoms with Gasteiger partial charge in [-0.05, 0) is 61.1 Å². The molecular weight excluding hydrogens is 390 g/mol. The zero-order valence-corrected chi connectivity index (χ0v) is 17.5. The van der Waals surface area contributed by atoms with Gasteiger partial charge >= 0.3 is 5.97 Å². The summed E-state index contributed by atoms with van der Waals surface area (Å²) < 4.78 is 31.0. The summed E-state index contributed by atoms with van der Waals surface area (Å²) in [4.78, 5) is 21.8. The second-order valence-electron chi connectivity index (χ2n) is 6.88. The van der Waals surface area contributed by atoms with Gasteiger partial charge in [-0.3, -0.25) is 9.59 Å². The smallest absolute Gasteiger partial charge is 0.305 e. The average molecular weight is 421 g/mol. The highest BCUT2D eigenvalue weighted by molar-refractivity contribution is 5.77. The number of anilines is 2. The Labute approximate surface area is 176 Å². The Morgan fingerprint density at radius 1 is 0.867 bits per heavy atom. The number of carbonyl (C=O) groups is 2. The summed E-state index contributed by atoms with van der Waals surface area (Å²) in [6.45, 7) is 1.84. The van der Waals surface area contributed by atoms with E-state index in [1.807, 2.05) is 6.92 Å². The van der Waals surface area contributed by atoms with Crippen molar-refractivity contribution in [2.45, 2.75) is 51.9 Å². The van der Waals surface area contributed by atoms with Crippen LogP contribution in [0.1, 0.15) is 50.2 Å². The van der Waals surface area contributed by atoms with Crippen LogP contribution in [0.2, 0.25) is 0 Å². The second kappa shape index (κ2) is 13.3. The maximum Gasteiger partial charge on any atom is 0.305 e. The molecule has 0 atom stereocenters. The topological polar surface area (TPSA) is 95.4 Å². The van der Waals surface area contributed by atoms with Crippen LogP contribution in [0.25, 0.3) is 0 Å². The van der Waals surface area contributed by atoms with Crippen molar-refractivity contribution in [3.8, 4) is 0 Å². The number of hydrogen-bond donors (Lipinski definition) is 2. The number of rotatable bonds is 9. The van der Waals surface area contributed by atoms with Gasteiger partial charge in [-0.2, -0.15) is 0 Å². The molecule has 0 aliphatic carbocycles. The fraction of sp³-hybridized carbons (Fsp3) is 0.391. The van der Waals surface area contributed by atoms with Crippen molar-refractivity contribution in [1.82, 2.24) is 0 Å². The van der Waals surface area contributed by atoms with Crippen molar-refractivity contribution < 1.29 is 23.1 Å². The van der Waals surface area contributed by atoms with E-state index in [0.717, 1.165) is 0 Å². The van der Waals surface area contributed by atoms with Gasteiger partial charge in [0, 0.05) is 30.6 Å². The molecule has 0 aromatic heterocycles. The van der Waals surface area contributed by atoms with Crippen LogP contribution in [-0.4, -0.2) is 18.9 Å².